The van der Waals surface area contributed by atoms with Crippen LogP contribution in [0.5, 0.6) is 0 Å². The van der Waals surface area contributed by atoms with Crippen molar-refractivity contribution in [2.24, 2.45) is 0 Å². The minimum Gasteiger partial charge on any atom is -0.391 e. The summed E-state index contributed by atoms with van der Waals surface area (Å²) in [5, 5.41) is 22.2. The molecule has 1 aliphatic carbocycles. The van der Waals surface area contributed by atoms with Gasteiger partial charge in [0.2, 0.25) is 0 Å². The third-order valence-electron chi connectivity index (χ3n) is 6.61. The van der Waals surface area contributed by atoms with Crippen LogP contribution >= 0.6 is 11.6 Å². The van der Waals surface area contributed by atoms with E-state index in [4.69, 9.17) is 11.6 Å². The summed E-state index contributed by atoms with van der Waals surface area (Å²) in [5.74, 6) is 0.547. The number of β-amino-alcohol motifs (C(OH)–C–C–N with tert-alkyl or cyclic N) is 1. The number of rotatable bonds is 5. The highest BCUT2D eigenvalue weighted by Gasteiger charge is 2.48. The largest absolute Gasteiger partial charge is 0.416 e. The standard InChI is InChI=1S/C24H23ClF3N5O2/c25-18-7-1-15(2-8-18)12-32-14-29-31-21(32)20-11-19(34)13-33(20)22(35)30-23(9-10-23)16-3-5-17(6-4-16)24(26,27)28/h1-8,14,19-20,34H,9-13H2,(H,30,35). The lowest BCUT2D eigenvalue weighted by Crippen LogP contribution is -2.45. The molecular weight excluding hydrogens is 483 g/mol. The molecule has 2 aromatic carbocycles. The van der Waals surface area contributed by atoms with E-state index in [9.17, 15) is 23.1 Å². The number of likely N-dealkylation sites (tertiary alicyclic amines) is 1. The summed E-state index contributed by atoms with van der Waals surface area (Å²) in [6.07, 6.45) is -2.02. The summed E-state index contributed by atoms with van der Waals surface area (Å²) >= 11 is 5.97. The summed E-state index contributed by atoms with van der Waals surface area (Å²) in [6, 6.07) is 11.3. The number of amides is 2. The van der Waals surface area contributed by atoms with Gasteiger partial charge in [-0.15, -0.1) is 10.2 Å². The molecule has 11 heteroatoms. The van der Waals surface area contributed by atoms with Gasteiger partial charge in [-0.1, -0.05) is 35.9 Å². The fourth-order valence-corrected chi connectivity index (χ4v) is 4.70. The van der Waals surface area contributed by atoms with Crippen molar-refractivity contribution in [3.8, 4) is 0 Å². The molecule has 1 saturated carbocycles. The predicted molar refractivity (Wildman–Crippen MR) is 122 cm³/mol. The molecule has 3 aromatic rings. The van der Waals surface area contributed by atoms with Crippen LogP contribution in [0.4, 0.5) is 18.0 Å². The van der Waals surface area contributed by atoms with Crippen LogP contribution in [0.25, 0.3) is 0 Å². The van der Waals surface area contributed by atoms with Crippen molar-refractivity contribution in [2.45, 2.75) is 49.7 Å². The first-order valence-electron chi connectivity index (χ1n) is 11.2. The van der Waals surface area contributed by atoms with Crippen LogP contribution in [0.3, 0.4) is 0 Å². The van der Waals surface area contributed by atoms with Gasteiger partial charge in [0.15, 0.2) is 5.82 Å². The second-order valence-corrected chi connectivity index (χ2v) is 9.52. The first-order chi connectivity index (χ1) is 16.6. The van der Waals surface area contributed by atoms with Gasteiger partial charge in [-0.2, -0.15) is 13.2 Å². The van der Waals surface area contributed by atoms with Gasteiger partial charge < -0.3 is 19.9 Å². The highest BCUT2D eigenvalue weighted by Crippen LogP contribution is 2.46. The Hall–Kier alpha value is -3.11. The molecule has 35 heavy (non-hydrogen) atoms. The number of aliphatic hydroxyl groups excluding tert-OH is 1. The number of benzene rings is 2. The molecule has 1 saturated heterocycles. The number of nitrogens with one attached hydrogen (secondary N) is 1. The summed E-state index contributed by atoms with van der Waals surface area (Å²) in [6.45, 7) is 0.588. The van der Waals surface area contributed by atoms with Crippen LogP contribution in [0.15, 0.2) is 54.9 Å². The van der Waals surface area contributed by atoms with E-state index in [2.05, 4.69) is 15.5 Å². The number of hydrogen-bond donors (Lipinski definition) is 2. The number of aromatic nitrogens is 3. The van der Waals surface area contributed by atoms with Gasteiger partial charge in [-0.25, -0.2) is 4.79 Å². The molecule has 184 valence electrons. The van der Waals surface area contributed by atoms with E-state index in [1.807, 2.05) is 16.7 Å². The third kappa shape index (κ3) is 4.85. The first kappa shape index (κ1) is 23.6. The Bertz CT molecular complexity index is 1210. The first-order valence-corrected chi connectivity index (χ1v) is 11.6. The number of hydrogen-bond acceptors (Lipinski definition) is 4. The predicted octanol–water partition coefficient (Wildman–Crippen LogP) is 4.51. The van der Waals surface area contributed by atoms with E-state index in [1.165, 1.54) is 17.0 Å². The maximum absolute atomic E-state index is 13.3. The van der Waals surface area contributed by atoms with Crippen molar-refractivity contribution in [3.63, 3.8) is 0 Å². The third-order valence-corrected chi connectivity index (χ3v) is 6.86. The zero-order valence-corrected chi connectivity index (χ0v) is 19.3. The SMILES string of the molecule is O=C(NC1(c2ccc(C(F)(F)F)cc2)CC1)N1CC(O)CC1c1nncn1Cc1ccc(Cl)cc1. The zero-order valence-electron chi connectivity index (χ0n) is 18.5. The van der Waals surface area contributed by atoms with Crippen molar-refractivity contribution >= 4 is 17.6 Å². The molecule has 2 amide bonds. The van der Waals surface area contributed by atoms with Crippen LogP contribution in [0, 0.1) is 0 Å². The normalized spacial score (nSPS) is 21.2. The van der Waals surface area contributed by atoms with E-state index in [0.717, 1.165) is 17.7 Å². The van der Waals surface area contributed by atoms with E-state index in [1.54, 1.807) is 18.5 Å². The second kappa shape index (κ2) is 8.83. The zero-order chi connectivity index (χ0) is 24.8. The van der Waals surface area contributed by atoms with Crippen molar-refractivity contribution in [1.29, 1.82) is 0 Å². The molecule has 2 atom stereocenters. The Morgan fingerprint density at radius 2 is 1.83 bits per heavy atom. The minimum absolute atomic E-state index is 0.118. The maximum Gasteiger partial charge on any atom is 0.416 e. The van der Waals surface area contributed by atoms with Crippen LogP contribution in [-0.4, -0.2) is 43.5 Å². The molecule has 2 aliphatic rings. The maximum atomic E-state index is 13.3. The molecular formula is C24H23ClF3N5O2. The quantitative estimate of drug-likeness (QED) is 0.534. The Labute approximate surface area is 204 Å². The van der Waals surface area contributed by atoms with Gasteiger partial charge in [-0.3, -0.25) is 0 Å². The van der Waals surface area contributed by atoms with Crippen LogP contribution in [0.1, 0.15) is 47.8 Å². The number of aliphatic hydroxyl groups is 1. The Morgan fingerprint density at radius 1 is 1.14 bits per heavy atom. The number of carbonyl (C=O) groups excluding carboxylic acids is 1. The Kier molecular flexibility index (Phi) is 5.96. The number of carbonyl (C=O) groups is 1. The molecule has 0 spiro atoms. The molecule has 2 unspecified atom stereocenters. The van der Waals surface area contributed by atoms with Crippen molar-refractivity contribution < 1.29 is 23.1 Å². The van der Waals surface area contributed by atoms with Crippen LogP contribution < -0.4 is 5.32 Å². The lowest BCUT2D eigenvalue weighted by molar-refractivity contribution is -0.137. The molecule has 1 aliphatic heterocycles. The lowest BCUT2D eigenvalue weighted by atomic mass is 10.0. The average molecular weight is 506 g/mol. The molecule has 2 fully saturated rings. The Balaban J connectivity index is 1.33. The summed E-state index contributed by atoms with van der Waals surface area (Å²) in [4.78, 5) is 14.8. The Morgan fingerprint density at radius 3 is 2.46 bits per heavy atom. The van der Waals surface area contributed by atoms with Gasteiger partial charge in [0.05, 0.1) is 29.8 Å². The fraction of sp³-hybridized carbons (Fsp3) is 0.375. The number of alkyl halides is 3. The molecule has 2 heterocycles. The molecule has 1 aromatic heterocycles. The summed E-state index contributed by atoms with van der Waals surface area (Å²) < 4.78 is 40.6. The number of nitrogens with zero attached hydrogens (tertiary/aromatic N) is 4. The average Bonchev–Trinajstić information content (AvgIpc) is 3.27. The minimum atomic E-state index is -4.42. The highest BCUT2D eigenvalue weighted by atomic mass is 35.5. The van der Waals surface area contributed by atoms with Crippen LogP contribution in [0.2, 0.25) is 5.02 Å². The van der Waals surface area contributed by atoms with Gasteiger partial charge in [-0.05, 0) is 48.2 Å². The number of urea groups is 1. The molecule has 7 nitrogen and oxygen atoms in total. The van der Waals surface area contributed by atoms with Crippen molar-refractivity contribution in [2.75, 3.05) is 6.54 Å². The van der Waals surface area contributed by atoms with Crippen LogP contribution in [-0.2, 0) is 18.3 Å². The van der Waals surface area contributed by atoms with E-state index in [0.29, 0.717) is 42.2 Å². The summed E-state index contributed by atoms with van der Waals surface area (Å²) in [5.41, 5.74) is 0.160. The lowest BCUT2D eigenvalue weighted by Gasteiger charge is -2.28. The molecule has 2 N–H and O–H groups in total. The van der Waals surface area contributed by atoms with Gasteiger partial charge >= 0.3 is 12.2 Å². The monoisotopic (exact) mass is 505 g/mol. The second-order valence-electron chi connectivity index (χ2n) is 9.09. The van der Waals surface area contributed by atoms with Gasteiger partial charge in [0, 0.05) is 18.0 Å². The van der Waals surface area contributed by atoms with E-state index in [-0.39, 0.29) is 6.54 Å². The highest BCUT2D eigenvalue weighted by molar-refractivity contribution is 6.30. The fourth-order valence-electron chi connectivity index (χ4n) is 4.58. The topological polar surface area (TPSA) is 83.3 Å². The van der Waals surface area contributed by atoms with E-state index >= 15 is 0 Å². The van der Waals surface area contributed by atoms with Crippen molar-refractivity contribution in [3.05, 3.63) is 82.4 Å². The van der Waals surface area contributed by atoms with E-state index < -0.39 is 35.5 Å². The smallest absolute Gasteiger partial charge is 0.391 e. The molecule has 0 radical (unpaired) electrons. The number of halogens is 4. The summed E-state index contributed by atoms with van der Waals surface area (Å²) in [7, 11) is 0. The van der Waals surface area contributed by atoms with Gasteiger partial charge in [0.1, 0.15) is 6.33 Å². The molecule has 0 bridgehead atoms. The van der Waals surface area contributed by atoms with Crippen molar-refractivity contribution in [1.82, 2.24) is 25.0 Å². The van der Waals surface area contributed by atoms with Gasteiger partial charge in [0.25, 0.3) is 0 Å². The molecule has 5 rings (SSSR count).